The molecule has 1 saturated heterocycles. The third-order valence-electron chi connectivity index (χ3n) is 5.55. The van der Waals surface area contributed by atoms with Crippen LogP contribution in [0.3, 0.4) is 0 Å². The number of nitrogens with one attached hydrogen (secondary N) is 2. The summed E-state index contributed by atoms with van der Waals surface area (Å²) in [6.45, 7) is 7.25. The van der Waals surface area contributed by atoms with Gasteiger partial charge < -0.3 is 20.3 Å². The highest BCUT2D eigenvalue weighted by atomic mass is 16.5. The number of carbonyl (C=O) groups is 1. The first kappa shape index (κ1) is 23.5. The maximum Gasteiger partial charge on any atom is 0.257 e. The van der Waals surface area contributed by atoms with Crippen LogP contribution in [0, 0.1) is 0 Å². The van der Waals surface area contributed by atoms with E-state index in [1.807, 2.05) is 37.3 Å². The van der Waals surface area contributed by atoms with E-state index in [1.165, 1.54) is 6.20 Å². The van der Waals surface area contributed by atoms with Crippen LogP contribution in [-0.4, -0.2) is 77.2 Å². The van der Waals surface area contributed by atoms with Gasteiger partial charge in [0, 0.05) is 58.1 Å². The van der Waals surface area contributed by atoms with Gasteiger partial charge in [0.2, 0.25) is 11.9 Å². The van der Waals surface area contributed by atoms with Crippen LogP contribution in [-0.2, 0) is 11.2 Å². The van der Waals surface area contributed by atoms with Crippen LogP contribution in [0.1, 0.15) is 23.1 Å². The van der Waals surface area contributed by atoms with Crippen molar-refractivity contribution in [3.05, 3.63) is 60.0 Å². The zero-order valence-electron chi connectivity index (χ0n) is 19.6. The van der Waals surface area contributed by atoms with Crippen LogP contribution < -0.4 is 15.5 Å². The average Bonchev–Trinajstić information content (AvgIpc) is 2.88. The minimum absolute atomic E-state index is 0.217. The summed E-state index contributed by atoms with van der Waals surface area (Å²) in [5, 5.41) is 6.00. The molecule has 178 valence electrons. The lowest BCUT2D eigenvalue weighted by molar-refractivity contribution is 0.102. The number of piperazine rings is 1. The molecule has 0 unspecified atom stereocenters. The van der Waals surface area contributed by atoms with E-state index in [0.717, 1.165) is 45.0 Å². The van der Waals surface area contributed by atoms with Crippen molar-refractivity contribution in [2.24, 2.45) is 0 Å². The number of rotatable bonds is 9. The van der Waals surface area contributed by atoms with Crippen LogP contribution in [0.2, 0.25) is 0 Å². The number of ether oxygens (including phenoxy) is 1. The maximum absolute atomic E-state index is 12.4. The summed E-state index contributed by atoms with van der Waals surface area (Å²) in [4.78, 5) is 35.1. The van der Waals surface area contributed by atoms with E-state index < -0.39 is 0 Å². The first-order chi connectivity index (χ1) is 16.6. The summed E-state index contributed by atoms with van der Waals surface area (Å²) in [6, 6.07) is 12.8. The number of benzene rings is 1. The van der Waals surface area contributed by atoms with Gasteiger partial charge >= 0.3 is 0 Å². The smallest absolute Gasteiger partial charge is 0.257 e. The summed E-state index contributed by atoms with van der Waals surface area (Å²) in [6.07, 6.45) is 2.23. The fraction of sp³-hybridized carbons (Fsp3) is 0.375. The Morgan fingerprint density at radius 3 is 2.50 bits per heavy atom. The summed E-state index contributed by atoms with van der Waals surface area (Å²) in [5.74, 6) is 2.16. The molecule has 1 aliphatic rings. The van der Waals surface area contributed by atoms with Gasteiger partial charge in [-0.05, 0) is 24.3 Å². The van der Waals surface area contributed by atoms with Crippen molar-refractivity contribution >= 4 is 29.3 Å². The molecule has 3 heterocycles. The van der Waals surface area contributed by atoms with E-state index in [0.29, 0.717) is 35.5 Å². The summed E-state index contributed by atoms with van der Waals surface area (Å²) < 4.78 is 5.18. The quantitative estimate of drug-likeness (QED) is 0.496. The van der Waals surface area contributed by atoms with Crippen LogP contribution in [0.5, 0.6) is 0 Å². The number of carbonyl (C=O) groups excluding carboxylic acids is 1. The molecule has 1 amide bonds. The molecule has 34 heavy (non-hydrogen) atoms. The Morgan fingerprint density at radius 2 is 1.82 bits per heavy atom. The molecule has 1 aliphatic heterocycles. The number of hydrogen-bond acceptors (Lipinski definition) is 9. The number of methoxy groups -OCH3 is 1. The zero-order chi connectivity index (χ0) is 23.8. The molecule has 0 spiro atoms. The fourth-order valence-corrected chi connectivity index (χ4v) is 3.60. The standard InChI is InChI=1S/C24H30N8O2/c1-3-20-27-23(30-24(29-20)32-13-11-31(12-14-32)15-16-34-2)28-21-10-9-18(17-25-21)22(33)26-19-7-5-4-6-8-19/h4-10,17H,3,11-16H2,1-2H3,(H,26,33)(H,25,27,28,29,30). The number of aromatic nitrogens is 4. The van der Waals surface area contributed by atoms with E-state index >= 15 is 0 Å². The normalized spacial score (nSPS) is 14.1. The Hall–Kier alpha value is -3.63. The Balaban J connectivity index is 1.41. The van der Waals surface area contributed by atoms with Crippen molar-refractivity contribution in [2.45, 2.75) is 13.3 Å². The minimum Gasteiger partial charge on any atom is -0.383 e. The molecule has 1 aromatic carbocycles. The maximum atomic E-state index is 12.4. The highest BCUT2D eigenvalue weighted by molar-refractivity contribution is 6.04. The summed E-state index contributed by atoms with van der Waals surface area (Å²) >= 11 is 0. The van der Waals surface area contributed by atoms with E-state index in [-0.39, 0.29) is 5.91 Å². The predicted octanol–water partition coefficient (Wildman–Crippen LogP) is 2.59. The van der Waals surface area contributed by atoms with Gasteiger partial charge in [-0.25, -0.2) is 4.98 Å². The Bertz CT molecular complexity index is 1070. The second-order valence-electron chi connectivity index (χ2n) is 7.93. The predicted molar refractivity (Wildman–Crippen MR) is 132 cm³/mol. The Labute approximate surface area is 199 Å². The molecule has 10 nitrogen and oxygen atoms in total. The highest BCUT2D eigenvalue weighted by Gasteiger charge is 2.20. The van der Waals surface area contributed by atoms with Crippen molar-refractivity contribution in [1.82, 2.24) is 24.8 Å². The number of amides is 1. The van der Waals surface area contributed by atoms with E-state index in [2.05, 4.69) is 40.4 Å². The molecule has 3 aromatic rings. The van der Waals surface area contributed by atoms with Crippen LogP contribution in [0.15, 0.2) is 48.7 Å². The molecule has 4 rings (SSSR count). The Kier molecular flexibility index (Phi) is 7.95. The highest BCUT2D eigenvalue weighted by Crippen LogP contribution is 2.17. The lowest BCUT2D eigenvalue weighted by Gasteiger charge is -2.34. The molecular formula is C24H30N8O2. The average molecular weight is 463 g/mol. The summed E-state index contributed by atoms with van der Waals surface area (Å²) in [5.41, 5.74) is 1.20. The fourth-order valence-electron chi connectivity index (χ4n) is 3.60. The van der Waals surface area contributed by atoms with Gasteiger partial charge in [-0.1, -0.05) is 25.1 Å². The lowest BCUT2D eigenvalue weighted by Crippen LogP contribution is -2.48. The molecule has 0 bridgehead atoms. The van der Waals surface area contributed by atoms with Crippen molar-refractivity contribution < 1.29 is 9.53 Å². The largest absolute Gasteiger partial charge is 0.383 e. The monoisotopic (exact) mass is 462 g/mol. The molecule has 2 aromatic heterocycles. The van der Waals surface area contributed by atoms with Crippen molar-refractivity contribution in [2.75, 3.05) is 62.0 Å². The molecular weight excluding hydrogens is 432 g/mol. The van der Waals surface area contributed by atoms with Crippen molar-refractivity contribution in [1.29, 1.82) is 0 Å². The van der Waals surface area contributed by atoms with Gasteiger partial charge in [-0.2, -0.15) is 15.0 Å². The number of para-hydroxylation sites is 1. The SMILES string of the molecule is CCc1nc(Nc2ccc(C(=O)Nc3ccccc3)cn2)nc(N2CCN(CCOC)CC2)n1. The van der Waals surface area contributed by atoms with Gasteiger partial charge in [0.15, 0.2) is 0 Å². The van der Waals surface area contributed by atoms with E-state index in [4.69, 9.17) is 4.74 Å². The number of nitrogens with zero attached hydrogens (tertiary/aromatic N) is 6. The van der Waals surface area contributed by atoms with E-state index in [9.17, 15) is 4.79 Å². The number of anilines is 4. The molecule has 1 fully saturated rings. The van der Waals surface area contributed by atoms with E-state index in [1.54, 1.807) is 19.2 Å². The van der Waals surface area contributed by atoms with Crippen molar-refractivity contribution in [3.8, 4) is 0 Å². The van der Waals surface area contributed by atoms with Gasteiger partial charge in [0.05, 0.1) is 12.2 Å². The minimum atomic E-state index is -0.217. The first-order valence-corrected chi connectivity index (χ1v) is 11.4. The van der Waals surface area contributed by atoms with Crippen LogP contribution in [0.4, 0.5) is 23.4 Å². The summed E-state index contributed by atoms with van der Waals surface area (Å²) in [7, 11) is 1.73. The van der Waals surface area contributed by atoms with Gasteiger partial charge in [0.1, 0.15) is 11.6 Å². The third-order valence-corrected chi connectivity index (χ3v) is 5.55. The molecule has 0 aliphatic carbocycles. The second-order valence-corrected chi connectivity index (χ2v) is 7.93. The third kappa shape index (κ3) is 6.24. The van der Waals surface area contributed by atoms with Gasteiger partial charge in [-0.15, -0.1) is 0 Å². The molecule has 0 atom stereocenters. The Morgan fingerprint density at radius 1 is 1.03 bits per heavy atom. The zero-order valence-corrected chi connectivity index (χ0v) is 19.6. The number of aryl methyl sites for hydroxylation is 1. The first-order valence-electron chi connectivity index (χ1n) is 11.4. The molecule has 10 heteroatoms. The molecule has 0 radical (unpaired) electrons. The molecule has 2 N–H and O–H groups in total. The number of hydrogen-bond donors (Lipinski definition) is 2. The second kappa shape index (κ2) is 11.5. The lowest BCUT2D eigenvalue weighted by atomic mass is 10.2. The molecule has 0 saturated carbocycles. The van der Waals surface area contributed by atoms with Crippen molar-refractivity contribution in [3.63, 3.8) is 0 Å². The van der Waals surface area contributed by atoms with Gasteiger partial charge in [-0.3, -0.25) is 9.69 Å². The topological polar surface area (TPSA) is 108 Å². The van der Waals surface area contributed by atoms with Gasteiger partial charge in [0.25, 0.3) is 5.91 Å². The van der Waals surface area contributed by atoms with Crippen LogP contribution in [0.25, 0.3) is 0 Å². The number of pyridine rings is 1. The van der Waals surface area contributed by atoms with Crippen LogP contribution >= 0.6 is 0 Å².